The van der Waals surface area contributed by atoms with Crippen molar-refractivity contribution in [2.45, 2.75) is 19.0 Å². The molecule has 0 amide bonds. The van der Waals surface area contributed by atoms with Crippen LogP contribution in [0, 0.1) is 5.82 Å². The summed E-state index contributed by atoms with van der Waals surface area (Å²) in [6, 6.07) is 7.97. The molecule has 106 valence electrons. The van der Waals surface area contributed by atoms with Crippen molar-refractivity contribution in [2.24, 2.45) is 0 Å². The Kier molecular flexibility index (Phi) is 5.11. The summed E-state index contributed by atoms with van der Waals surface area (Å²) in [5.41, 5.74) is 0.809. The molecular formula is C14H13ClFNO2S. The zero-order chi connectivity index (χ0) is 14.5. The smallest absolute Gasteiger partial charge is 0.305 e. The molecule has 1 atom stereocenters. The molecule has 0 aliphatic heterocycles. The molecule has 20 heavy (non-hydrogen) atoms. The van der Waals surface area contributed by atoms with E-state index in [1.807, 2.05) is 17.5 Å². The van der Waals surface area contributed by atoms with Gasteiger partial charge < -0.3 is 10.4 Å². The maximum atomic E-state index is 13.1. The van der Waals surface area contributed by atoms with Gasteiger partial charge in [-0.05, 0) is 29.1 Å². The summed E-state index contributed by atoms with van der Waals surface area (Å²) in [4.78, 5) is 11.9. The van der Waals surface area contributed by atoms with Gasteiger partial charge in [0, 0.05) is 11.4 Å². The second kappa shape index (κ2) is 6.83. The summed E-state index contributed by atoms with van der Waals surface area (Å²) in [5, 5.41) is 14.1. The lowest BCUT2D eigenvalue weighted by molar-refractivity contribution is -0.137. The van der Waals surface area contributed by atoms with Crippen molar-refractivity contribution in [1.29, 1.82) is 0 Å². The molecule has 0 bridgehead atoms. The molecule has 2 rings (SSSR count). The fourth-order valence-electron chi connectivity index (χ4n) is 1.83. The van der Waals surface area contributed by atoms with Gasteiger partial charge in [0.2, 0.25) is 0 Å². The minimum Gasteiger partial charge on any atom is -0.481 e. The molecule has 0 fully saturated rings. The van der Waals surface area contributed by atoms with Crippen LogP contribution in [-0.4, -0.2) is 11.1 Å². The van der Waals surface area contributed by atoms with Crippen LogP contribution >= 0.6 is 22.9 Å². The predicted octanol–water partition coefficient (Wildman–Crippen LogP) is 3.85. The third-order valence-corrected chi connectivity index (χ3v) is 4.08. The highest BCUT2D eigenvalue weighted by molar-refractivity contribution is 7.10. The molecule has 1 aromatic carbocycles. The highest BCUT2D eigenvalue weighted by atomic mass is 35.5. The molecule has 1 heterocycles. The molecule has 1 aromatic heterocycles. The Labute approximate surface area is 125 Å². The van der Waals surface area contributed by atoms with Crippen molar-refractivity contribution in [3.8, 4) is 0 Å². The Morgan fingerprint density at radius 3 is 2.85 bits per heavy atom. The van der Waals surface area contributed by atoms with Crippen LogP contribution in [0.2, 0.25) is 5.02 Å². The van der Waals surface area contributed by atoms with Crippen molar-refractivity contribution in [3.05, 3.63) is 57.0 Å². The number of thiophene rings is 1. The summed E-state index contributed by atoms with van der Waals surface area (Å²) in [6.45, 7) is 0.426. The van der Waals surface area contributed by atoms with Crippen molar-refractivity contribution >= 4 is 28.9 Å². The third-order valence-electron chi connectivity index (χ3n) is 2.80. The molecule has 0 aliphatic carbocycles. The Morgan fingerprint density at radius 1 is 1.45 bits per heavy atom. The van der Waals surface area contributed by atoms with Gasteiger partial charge in [0.05, 0.1) is 17.5 Å². The van der Waals surface area contributed by atoms with Gasteiger partial charge in [-0.25, -0.2) is 4.39 Å². The van der Waals surface area contributed by atoms with Gasteiger partial charge in [-0.1, -0.05) is 23.7 Å². The van der Waals surface area contributed by atoms with E-state index < -0.39 is 11.8 Å². The van der Waals surface area contributed by atoms with E-state index in [1.165, 1.54) is 23.5 Å². The summed E-state index contributed by atoms with van der Waals surface area (Å²) < 4.78 is 13.1. The van der Waals surface area contributed by atoms with Gasteiger partial charge in [0.1, 0.15) is 5.82 Å². The molecule has 3 nitrogen and oxygen atoms in total. The quantitative estimate of drug-likeness (QED) is 0.851. The Hall–Kier alpha value is -1.43. The number of carbonyl (C=O) groups is 1. The molecule has 0 saturated carbocycles. The second-order valence-electron chi connectivity index (χ2n) is 4.30. The minimum atomic E-state index is -0.868. The largest absolute Gasteiger partial charge is 0.481 e. The Balaban J connectivity index is 2.04. The summed E-state index contributed by atoms with van der Waals surface area (Å²) in [5.74, 6) is -1.33. The van der Waals surface area contributed by atoms with Crippen molar-refractivity contribution in [1.82, 2.24) is 5.32 Å². The SMILES string of the molecule is O=C(O)CC(NCc1ccc(F)c(Cl)c1)c1cccs1. The number of aliphatic carboxylic acids is 1. The number of nitrogens with one attached hydrogen (secondary N) is 1. The Morgan fingerprint density at radius 2 is 2.25 bits per heavy atom. The van der Waals surface area contributed by atoms with E-state index in [2.05, 4.69) is 5.32 Å². The maximum Gasteiger partial charge on any atom is 0.305 e. The van der Waals surface area contributed by atoms with Gasteiger partial charge in [0.25, 0.3) is 0 Å². The molecule has 0 saturated heterocycles. The molecule has 1 unspecified atom stereocenters. The van der Waals surface area contributed by atoms with Crippen molar-refractivity contribution in [3.63, 3.8) is 0 Å². The first kappa shape index (κ1) is 15.0. The summed E-state index contributed by atoms with van der Waals surface area (Å²) in [6.07, 6.45) is -0.00452. The molecule has 2 aromatic rings. The predicted molar refractivity (Wildman–Crippen MR) is 77.6 cm³/mol. The number of carboxylic acid groups (broad SMARTS) is 1. The van der Waals surface area contributed by atoms with Gasteiger partial charge in [-0.2, -0.15) is 0 Å². The highest BCUT2D eigenvalue weighted by Gasteiger charge is 2.16. The van der Waals surface area contributed by atoms with Gasteiger partial charge >= 0.3 is 5.97 Å². The average Bonchev–Trinajstić information content (AvgIpc) is 2.92. The number of hydrogen-bond acceptors (Lipinski definition) is 3. The molecule has 6 heteroatoms. The van der Waals surface area contributed by atoms with Crippen molar-refractivity contribution < 1.29 is 14.3 Å². The topological polar surface area (TPSA) is 49.3 Å². The maximum absolute atomic E-state index is 13.1. The Bertz CT molecular complexity index is 589. The van der Waals surface area contributed by atoms with Crippen LogP contribution in [-0.2, 0) is 11.3 Å². The zero-order valence-electron chi connectivity index (χ0n) is 10.5. The van der Waals surface area contributed by atoms with Gasteiger partial charge in [-0.15, -0.1) is 11.3 Å². The molecule has 0 radical (unpaired) electrons. The van der Waals surface area contributed by atoms with Gasteiger partial charge in [0.15, 0.2) is 0 Å². The van der Waals surface area contributed by atoms with Crippen LogP contribution in [0.4, 0.5) is 4.39 Å². The first-order valence-electron chi connectivity index (χ1n) is 5.99. The van der Waals surface area contributed by atoms with E-state index in [4.69, 9.17) is 16.7 Å². The van der Waals surface area contributed by atoms with Crippen LogP contribution < -0.4 is 5.32 Å². The molecule has 0 aliphatic rings. The van der Waals surface area contributed by atoms with E-state index in [9.17, 15) is 9.18 Å². The van der Waals surface area contributed by atoms with Crippen LogP contribution in [0.1, 0.15) is 22.9 Å². The minimum absolute atomic E-state index is 0.00452. The van der Waals surface area contributed by atoms with E-state index in [0.29, 0.717) is 6.54 Å². The van der Waals surface area contributed by atoms with E-state index in [-0.39, 0.29) is 17.5 Å². The van der Waals surface area contributed by atoms with Crippen LogP contribution in [0.15, 0.2) is 35.7 Å². The fourth-order valence-corrected chi connectivity index (χ4v) is 2.83. The molecular weight excluding hydrogens is 301 g/mol. The van der Waals surface area contributed by atoms with E-state index in [0.717, 1.165) is 10.4 Å². The second-order valence-corrected chi connectivity index (χ2v) is 5.68. The van der Waals surface area contributed by atoms with Gasteiger partial charge in [-0.3, -0.25) is 4.79 Å². The molecule has 0 spiro atoms. The van der Waals surface area contributed by atoms with E-state index >= 15 is 0 Å². The number of carboxylic acids is 1. The van der Waals surface area contributed by atoms with Crippen LogP contribution in [0.25, 0.3) is 0 Å². The van der Waals surface area contributed by atoms with Crippen molar-refractivity contribution in [2.75, 3.05) is 0 Å². The first-order valence-corrected chi connectivity index (χ1v) is 7.24. The summed E-state index contributed by atoms with van der Waals surface area (Å²) in [7, 11) is 0. The zero-order valence-corrected chi connectivity index (χ0v) is 12.0. The fraction of sp³-hybridized carbons (Fsp3) is 0.214. The number of halogens is 2. The lowest BCUT2D eigenvalue weighted by Crippen LogP contribution is -2.22. The normalized spacial score (nSPS) is 12.3. The standard InChI is InChI=1S/C14H13ClFNO2S/c15-10-6-9(3-4-11(10)16)8-17-12(7-14(18)19)13-2-1-5-20-13/h1-6,12,17H,7-8H2,(H,18,19). The first-order chi connectivity index (χ1) is 9.56. The lowest BCUT2D eigenvalue weighted by Gasteiger charge is -2.15. The van der Waals surface area contributed by atoms with Crippen LogP contribution in [0.3, 0.4) is 0 Å². The van der Waals surface area contributed by atoms with E-state index in [1.54, 1.807) is 6.07 Å². The monoisotopic (exact) mass is 313 g/mol. The number of hydrogen-bond donors (Lipinski definition) is 2. The van der Waals surface area contributed by atoms with Crippen LogP contribution in [0.5, 0.6) is 0 Å². The average molecular weight is 314 g/mol. The third kappa shape index (κ3) is 4.03. The number of rotatable bonds is 6. The molecule has 2 N–H and O–H groups in total. The number of benzene rings is 1. The summed E-state index contributed by atoms with van der Waals surface area (Å²) >= 11 is 7.22. The lowest BCUT2D eigenvalue weighted by atomic mass is 10.1. The highest BCUT2D eigenvalue weighted by Crippen LogP contribution is 2.23.